The molecule has 310 valence electrons. The number of aliphatic hydroxyl groups is 1. The highest BCUT2D eigenvalue weighted by Crippen LogP contribution is 2.64. The molecule has 1 amide bonds. The van der Waals surface area contributed by atoms with E-state index < -0.39 is 71.0 Å². The summed E-state index contributed by atoms with van der Waals surface area (Å²) in [6.45, 7) is 7.48. The van der Waals surface area contributed by atoms with Gasteiger partial charge in [-0.1, -0.05) is 25.0 Å². The summed E-state index contributed by atoms with van der Waals surface area (Å²) < 4.78 is 73.9. The van der Waals surface area contributed by atoms with Gasteiger partial charge in [0.05, 0.1) is 30.0 Å². The van der Waals surface area contributed by atoms with E-state index in [4.69, 9.17) is 20.6 Å². The van der Waals surface area contributed by atoms with Crippen molar-refractivity contribution in [3.63, 3.8) is 0 Å². The van der Waals surface area contributed by atoms with Crippen LogP contribution in [0.2, 0.25) is 0 Å². The Labute approximate surface area is 335 Å². The van der Waals surface area contributed by atoms with Crippen molar-refractivity contribution in [3.05, 3.63) is 70.7 Å². The molecule has 1 N–H and O–H groups in total. The maximum absolute atomic E-state index is 14.3. The summed E-state index contributed by atoms with van der Waals surface area (Å²) in [6.07, 6.45) is 4.73. The number of aromatic nitrogens is 1. The van der Waals surface area contributed by atoms with Crippen LogP contribution in [0.4, 0.5) is 22.4 Å². The second kappa shape index (κ2) is 15.5. The van der Waals surface area contributed by atoms with E-state index in [1.54, 1.807) is 26.8 Å². The fourth-order valence-electron chi connectivity index (χ4n) is 10.3. The highest BCUT2D eigenvalue weighted by molar-refractivity contribution is 5.87. The first-order valence-corrected chi connectivity index (χ1v) is 20.2. The van der Waals surface area contributed by atoms with Crippen molar-refractivity contribution in [3.8, 4) is 18.1 Å². The number of carbonyl (C=O) groups excluding carboxylic acids is 3. The molecule has 2 heterocycles. The van der Waals surface area contributed by atoms with Gasteiger partial charge in [0.25, 0.3) is 0 Å². The number of halogens is 4. The molecule has 2 saturated carbocycles. The number of fused-ring (bicyclic) bond motifs is 6. The molecule has 9 nitrogen and oxygen atoms in total. The third-order valence-electron chi connectivity index (χ3n) is 13.1. The Morgan fingerprint density at radius 2 is 1.76 bits per heavy atom. The maximum atomic E-state index is 14.3. The number of ether oxygens (including phenoxy) is 3. The average Bonchev–Trinajstić information content (AvgIpc) is 3.44. The van der Waals surface area contributed by atoms with Gasteiger partial charge in [-0.05, 0) is 138 Å². The molecule has 4 aliphatic rings. The lowest BCUT2D eigenvalue weighted by molar-refractivity contribution is -0.156. The minimum Gasteiger partial charge on any atom is -0.455 e. The minimum absolute atomic E-state index is 0.0959. The molecule has 1 saturated heterocycles. The van der Waals surface area contributed by atoms with Crippen LogP contribution in [0.1, 0.15) is 126 Å². The summed E-state index contributed by atoms with van der Waals surface area (Å²) in [5, 5.41) is 11.2. The Morgan fingerprint density at radius 3 is 2.48 bits per heavy atom. The highest BCUT2D eigenvalue weighted by Gasteiger charge is 2.61. The van der Waals surface area contributed by atoms with Crippen LogP contribution in [-0.2, 0) is 31.7 Å². The number of amides is 1. The molecular weight excluding hydrogens is 756 g/mol. The third kappa shape index (κ3) is 7.88. The number of alkyl halides is 3. The molecule has 0 radical (unpaired) electrons. The fraction of sp³-hybridized carbons (Fsp3) is 0.556. The molecule has 0 spiro atoms. The van der Waals surface area contributed by atoms with Crippen LogP contribution < -0.4 is 4.74 Å². The molecule has 58 heavy (non-hydrogen) atoms. The first kappa shape index (κ1) is 41.5. The van der Waals surface area contributed by atoms with Gasteiger partial charge in [-0.2, -0.15) is 17.6 Å². The number of pyridine rings is 1. The van der Waals surface area contributed by atoms with Crippen molar-refractivity contribution in [2.45, 2.75) is 134 Å². The highest BCUT2D eigenvalue weighted by atomic mass is 19.4. The van der Waals surface area contributed by atoms with E-state index in [1.807, 2.05) is 12.1 Å². The number of piperidine rings is 1. The van der Waals surface area contributed by atoms with E-state index >= 15 is 0 Å². The Kier molecular flexibility index (Phi) is 11.1. The molecule has 2 unspecified atom stereocenters. The number of aryl methyl sites for hydroxylation is 1. The van der Waals surface area contributed by atoms with E-state index in [-0.39, 0.29) is 29.3 Å². The van der Waals surface area contributed by atoms with Crippen molar-refractivity contribution in [1.29, 1.82) is 0 Å². The molecule has 3 aliphatic carbocycles. The monoisotopic (exact) mass is 806 g/mol. The van der Waals surface area contributed by atoms with Crippen LogP contribution in [0.5, 0.6) is 5.75 Å². The van der Waals surface area contributed by atoms with E-state index in [9.17, 15) is 37.1 Å². The number of terminal acetylenes is 1. The number of hydrogen-bond acceptors (Lipinski definition) is 8. The third-order valence-corrected chi connectivity index (χ3v) is 13.1. The normalized spacial score (nSPS) is 27.4. The predicted octanol–water partition coefficient (Wildman–Crippen LogP) is 9.37. The smallest absolute Gasteiger partial charge is 0.418 e. The van der Waals surface area contributed by atoms with Gasteiger partial charge in [0, 0.05) is 22.9 Å². The van der Waals surface area contributed by atoms with Crippen molar-refractivity contribution < 1.29 is 51.3 Å². The number of nitrogens with zero attached hydrogens (tertiary/aromatic N) is 2. The van der Waals surface area contributed by atoms with Gasteiger partial charge < -0.3 is 24.2 Å². The molecule has 3 fully saturated rings. The number of likely N-dealkylation sites (tertiary alicyclic amines) is 1. The summed E-state index contributed by atoms with van der Waals surface area (Å²) >= 11 is 0. The molecule has 13 heteroatoms. The van der Waals surface area contributed by atoms with Gasteiger partial charge in [-0.3, -0.25) is 9.59 Å². The lowest BCUT2D eigenvalue weighted by Crippen LogP contribution is -2.50. The Hall–Kier alpha value is -4.70. The number of esters is 2. The van der Waals surface area contributed by atoms with Gasteiger partial charge in [-0.25, -0.2) is 9.78 Å². The Morgan fingerprint density at radius 1 is 1.00 bits per heavy atom. The van der Waals surface area contributed by atoms with Crippen molar-refractivity contribution in [2.75, 3.05) is 6.54 Å². The lowest BCUT2D eigenvalue weighted by Gasteiger charge is -2.52. The zero-order valence-electron chi connectivity index (χ0n) is 33.3. The SMILES string of the molecule is C#C[C@]1(O)CC[C@H]2[C@@H]3CCc4cc(OC(=O)CCC(=O)OC(c5ccc(C(F)(F)F)c6nc(F)ccc56)C5CCCCN5C(=O)OC(C)(C)C)ccc4[C@H]3CC[C@@]21C. The second-order valence-electron chi connectivity index (χ2n) is 17.6. The number of carbonyl (C=O) groups is 3. The average molecular weight is 807 g/mol. The van der Waals surface area contributed by atoms with E-state index in [2.05, 4.69) is 17.8 Å². The van der Waals surface area contributed by atoms with E-state index in [0.717, 1.165) is 61.9 Å². The van der Waals surface area contributed by atoms with Crippen LogP contribution in [0.3, 0.4) is 0 Å². The van der Waals surface area contributed by atoms with E-state index in [0.29, 0.717) is 49.2 Å². The fourth-order valence-corrected chi connectivity index (χ4v) is 10.3. The number of benzene rings is 2. The molecule has 3 aromatic rings. The summed E-state index contributed by atoms with van der Waals surface area (Å²) in [5.41, 5.74) is -1.66. The molecule has 0 bridgehead atoms. The van der Waals surface area contributed by atoms with Crippen molar-refractivity contribution >= 4 is 28.9 Å². The van der Waals surface area contributed by atoms with E-state index in [1.165, 1.54) is 10.5 Å². The number of hydrogen-bond donors (Lipinski definition) is 1. The summed E-state index contributed by atoms with van der Waals surface area (Å²) in [7, 11) is 0. The molecular formula is C45H50F4N2O7. The Balaban J connectivity index is 1.07. The summed E-state index contributed by atoms with van der Waals surface area (Å²) in [6, 6.07) is 8.79. The van der Waals surface area contributed by atoms with Gasteiger partial charge >= 0.3 is 24.2 Å². The first-order valence-electron chi connectivity index (χ1n) is 20.2. The standard InChI is InChI=1S/C45H50F4N2O7/c1-6-44(55)23-21-33-30-12-10-26-25-27(11-13-28(26)29(30)20-22-43(33,44)5)56-37(52)18-19-38(53)57-40(35-9-7-8-24-51(35)41(54)58-42(2,3)4)32-14-16-34(45(47,48)49)39-31(32)15-17-36(46)50-39/h1,11,13-17,25,29-30,33,35,40,55H,7-10,12,18-24H2,2-5H3/t29-,30-,33+,35?,40?,43+,44+/m1/s1. The molecule has 7 atom stereocenters. The minimum atomic E-state index is -4.86. The topological polar surface area (TPSA) is 115 Å². The van der Waals surface area contributed by atoms with Crippen LogP contribution in [0, 0.1) is 35.5 Å². The zero-order valence-corrected chi connectivity index (χ0v) is 33.3. The van der Waals surface area contributed by atoms with Gasteiger partial charge in [0.15, 0.2) is 0 Å². The summed E-state index contributed by atoms with van der Waals surface area (Å²) in [4.78, 5) is 45.2. The van der Waals surface area contributed by atoms with Gasteiger partial charge in [0.1, 0.15) is 23.1 Å². The molecule has 2 aromatic carbocycles. The van der Waals surface area contributed by atoms with Gasteiger partial charge in [0.2, 0.25) is 5.95 Å². The Bertz CT molecular complexity index is 2140. The van der Waals surface area contributed by atoms with Crippen LogP contribution >= 0.6 is 0 Å². The lowest BCUT2D eigenvalue weighted by atomic mass is 9.53. The van der Waals surface area contributed by atoms with Crippen LogP contribution in [0.25, 0.3) is 10.9 Å². The first-order chi connectivity index (χ1) is 27.3. The van der Waals surface area contributed by atoms with Crippen molar-refractivity contribution in [1.82, 2.24) is 9.88 Å². The molecule has 1 aliphatic heterocycles. The predicted molar refractivity (Wildman–Crippen MR) is 206 cm³/mol. The summed E-state index contributed by atoms with van der Waals surface area (Å²) in [5.74, 6) is 1.46. The maximum Gasteiger partial charge on any atom is 0.418 e. The largest absolute Gasteiger partial charge is 0.455 e. The second-order valence-corrected chi connectivity index (χ2v) is 17.6. The molecule has 7 rings (SSSR count). The number of rotatable bonds is 7. The van der Waals surface area contributed by atoms with Crippen LogP contribution in [0.15, 0.2) is 42.5 Å². The quantitative estimate of drug-likeness (QED) is 0.0826. The van der Waals surface area contributed by atoms with Gasteiger partial charge in [-0.15, -0.1) is 6.42 Å². The van der Waals surface area contributed by atoms with Crippen molar-refractivity contribution in [2.24, 2.45) is 17.3 Å². The van der Waals surface area contributed by atoms with Crippen LogP contribution in [-0.4, -0.2) is 56.8 Å². The zero-order chi connectivity index (χ0) is 41.8. The molecule has 1 aromatic heterocycles.